The van der Waals surface area contributed by atoms with E-state index in [9.17, 15) is 14.4 Å². The van der Waals surface area contributed by atoms with Gasteiger partial charge in [-0.15, -0.1) is 0 Å². The summed E-state index contributed by atoms with van der Waals surface area (Å²) < 4.78 is 10.5. The Labute approximate surface area is 155 Å². The molecule has 1 atom stereocenters. The quantitative estimate of drug-likeness (QED) is 0.747. The lowest BCUT2D eigenvalue weighted by molar-refractivity contribution is -0.133. The Kier molecular flexibility index (Phi) is 4.68. The van der Waals surface area contributed by atoms with Gasteiger partial charge in [0.15, 0.2) is 0 Å². The Morgan fingerprint density at radius 3 is 2.56 bits per heavy atom. The molecule has 2 aromatic heterocycles. The molecule has 2 aliphatic heterocycles. The molecule has 2 aromatic rings. The first kappa shape index (κ1) is 17.3. The summed E-state index contributed by atoms with van der Waals surface area (Å²) in [6.07, 6.45) is 3.13. The molecule has 0 radical (unpaired) electrons. The minimum Gasteiger partial charge on any atom is -0.468 e. The van der Waals surface area contributed by atoms with Crippen molar-refractivity contribution in [3.8, 4) is 0 Å². The zero-order valence-corrected chi connectivity index (χ0v) is 14.7. The number of piperazine rings is 1. The number of nitrogens with zero attached hydrogens (tertiary/aromatic N) is 3. The van der Waals surface area contributed by atoms with Crippen LogP contribution in [0.1, 0.15) is 11.5 Å². The van der Waals surface area contributed by atoms with Crippen LogP contribution in [0.4, 0.5) is 4.79 Å². The van der Waals surface area contributed by atoms with Gasteiger partial charge in [-0.05, 0) is 24.3 Å². The number of rotatable bonds is 6. The zero-order valence-electron chi connectivity index (χ0n) is 14.7. The van der Waals surface area contributed by atoms with Gasteiger partial charge in [-0.1, -0.05) is 0 Å². The fraction of sp³-hybridized carbons (Fsp3) is 0.389. The van der Waals surface area contributed by atoms with E-state index < -0.39 is 18.0 Å². The van der Waals surface area contributed by atoms with Gasteiger partial charge >= 0.3 is 6.03 Å². The molecule has 9 heteroatoms. The van der Waals surface area contributed by atoms with Gasteiger partial charge in [0.1, 0.15) is 24.1 Å². The van der Waals surface area contributed by atoms with Crippen LogP contribution in [-0.4, -0.2) is 64.8 Å². The third-order valence-electron chi connectivity index (χ3n) is 4.79. The monoisotopic (exact) mass is 372 g/mol. The van der Waals surface area contributed by atoms with E-state index in [-0.39, 0.29) is 19.0 Å². The summed E-state index contributed by atoms with van der Waals surface area (Å²) in [6.45, 7) is 2.03. The lowest BCUT2D eigenvalue weighted by Crippen LogP contribution is -2.52. The number of carbonyl (C=O) groups is 3. The topological polar surface area (TPSA) is 99.2 Å². The van der Waals surface area contributed by atoms with E-state index in [0.717, 1.165) is 10.7 Å². The predicted octanol–water partition coefficient (Wildman–Crippen LogP) is 0.637. The van der Waals surface area contributed by atoms with Crippen molar-refractivity contribution < 1.29 is 23.2 Å². The highest BCUT2D eigenvalue weighted by Gasteiger charge is 2.48. The zero-order chi connectivity index (χ0) is 18.8. The maximum Gasteiger partial charge on any atom is 0.328 e. The second-order valence-electron chi connectivity index (χ2n) is 6.59. The van der Waals surface area contributed by atoms with Crippen molar-refractivity contribution in [2.24, 2.45) is 0 Å². The number of furan rings is 2. The minimum atomic E-state index is -0.556. The van der Waals surface area contributed by atoms with Crippen LogP contribution in [0.3, 0.4) is 0 Å². The normalized spacial score (nSPS) is 20.2. The maximum absolute atomic E-state index is 12.7. The smallest absolute Gasteiger partial charge is 0.328 e. The predicted molar refractivity (Wildman–Crippen MR) is 92.1 cm³/mol. The van der Waals surface area contributed by atoms with E-state index in [1.165, 1.54) is 6.26 Å². The van der Waals surface area contributed by atoms with E-state index >= 15 is 0 Å². The summed E-state index contributed by atoms with van der Waals surface area (Å²) in [7, 11) is 0. The Morgan fingerprint density at radius 1 is 1.11 bits per heavy atom. The maximum atomic E-state index is 12.7. The Morgan fingerprint density at radius 2 is 1.85 bits per heavy atom. The van der Waals surface area contributed by atoms with Gasteiger partial charge in [0, 0.05) is 19.6 Å². The van der Waals surface area contributed by atoms with Crippen LogP contribution in [0.2, 0.25) is 0 Å². The fourth-order valence-corrected chi connectivity index (χ4v) is 3.42. The third kappa shape index (κ3) is 3.59. The largest absolute Gasteiger partial charge is 0.468 e. The van der Waals surface area contributed by atoms with Crippen LogP contribution < -0.4 is 5.32 Å². The van der Waals surface area contributed by atoms with Crippen LogP contribution in [-0.2, 0) is 22.7 Å². The molecule has 0 aromatic carbocycles. The number of hydrogen-bond acceptors (Lipinski definition) is 6. The van der Waals surface area contributed by atoms with Crippen LogP contribution in [0.5, 0.6) is 0 Å². The molecule has 4 rings (SSSR count). The molecule has 0 spiro atoms. The first-order valence-electron chi connectivity index (χ1n) is 8.77. The van der Waals surface area contributed by atoms with Gasteiger partial charge in [-0.2, -0.15) is 0 Å². The van der Waals surface area contributed by atoms with Crippen LogP contribution in [0, 0.1) is 0 Å². The van der Waals surface area contributed by atoms with Gasteiger partial charge in [-0.25, -0.2) is 4.79 Å². The molecule has 2 aliphatic rings. The van der Waals surface area contributed by atoms with Crippen molar-refractivity contribution in [1.29, 1.82) is 0 Å². The van der Waals surface area contributed by atoms with Gasteiger partial charge < -0.3 is 19.1 Å². The molecule has 142 valence electrons. The highest BCUT2D eigenvalue weighted by Crippen LogP contribution is 2.23. The molecule has 0 aliphatic carbocycles. The summed E-state index contributed by atoms with van der Waals surface area (Å²) in [6, 6.07) is 6.19. The highest BCUT2D eigenvalue weighted by atomic mass is 16.3. The lowest BCUT2D eigenvalue weighted by atomic mass is 10.2. The highest BCUT2D eigenvalue weighted by molar-refractivity contribution is 6.06. The van der Waals surface area contributed by atoms with E-state index in [0.29, 0.717) is 31.9 Å². The number of fused-ring (bicyclic) bond motifs is 1. The molecule has 2 fully saturated rings. The average Bonchev–Trinajstić information content (AvgIpc) is 3.40. The van der Waals surface area contributed by atoms with E-state index in [1.54, 1.807) is 23.3 Å². The number of amides is 4. The van der Waals surface area contributed by atoms with Crippen LogP contribution in [0.15, 0.2) is 45.6 Å². The SMILES string of the molecule is O=C(CN1C(=O)C2CN(Cc3ccco3)CCN2C1=O)NCc1ccco1. The fourth-order valence-electron chi connectivity index (χ4n) is 3.42. The van der Waals surface area contributed by atoms with Crippen LogP contribution in [0.25, 0.3) is 0 Å². The molecule has 27 heavy (non-hydrogen) atoms. The number of nitrogens with one attached hydrogen (secondary N) is 1. The first-order valence-corrected chi connectivity index (χ1v) is 8.77. The van der Waals surface area contributed by atoms with E-state index in [1.807, 2.05) is 12.1 Å². The molecule has 0 saturated carbocycles. The van der Waals surface area contributed by atoms with Crippen LogP contribution >= 0.6 is 0 Å². The first-order chi connectivity index (χ1) is 13.1. The molecule has 1 N–H and O–H groups in total. The van der Waals surface area contributed by atoms with E-state index in [2.05, 4.69) is 10.2 Å². The molecule has 1 unspecified atom stereocenters. The molecule has 4 heterocycles. The van der Waals surface area contributed by atoms with Gasteiger partial charge in [0.25, 0.3) is 5.91 Å². The summed E-state index contributed by atoms with van der Waals surface area (Å²) in [5, 5.41) is 2.65. The summed E-state index contributed by atoms with van der Waals surface area (Å²) in [4.78, 5) is 42.0. The van der Waals surface area contributed by atoms with Crippen molar-refractivity contribution in [1.82, 2.24) is 20.0 Å². The van der Waals surface area contributed by atoms with E-state index in [4.69, 9.17) is 8.83 Å². The number of carbonyl (C=O) groups excluding carboxylic acids is 3. The van der Waals surface area contributed by atoms with Crippen molar-refractivity contribution in [3.05, 3.63) is 48.3 Å². The lowest BCUT2D eigenvalue weighted by Gasteiger charge is -2.34. The minimum absolute atomic E-state index is 0.214. The second kappa shape index (κ2) is 7.28. The van der Waals surface area contributed by atoms with Gasteiger partial charge in [0.05, 0.1) is 25.6 Å². The Hall–Kier alpha value is -3.07. The molecule has 4 amide bonds. The summed E-state index contributed by atoms with van der Waals surface area (Å²) in [5.74, 6) is 0.681. The standard InChI is InChI=1S/C18H20N4O5/c23-16(19-9-13-3-1-7-26-13)12-22-17(24)15-11-20(5-6-21(15)18(22)25)10-14-4-2-8-27-14/h1-4,7-8,15H,5-6,9-12H2,(H,19,23). The molecule has 2 saturated heterocycles. The number of imide groups is 1. The summed E-state index contributed by atoms with van der Waals surface area (Å²) in [5.41, 5.74) is 0. The van der Waals surface area contributed by atoms with Crippen molar-refractivity contribution >= 4 is 17.8 Å². The molecular formula is C18H20N4O5. The molecule has 0 bridgehead atoms. The summed E-state index contributed by atoms with van der Waals surface area (Å²) >= 11 is 0. The molecule has 9 nitrogen and oxygen atoms in total. The third-order valence-corrected chi connectivity index (χ3v) is 4.79. The number of hydrogen-bond donors (Lipinski definition) is 1. The Balaban J connectivity index is 1.34. The number of urea groups is 1. The second-order valence-corrected chi connectivity index (χ2v) is 6.59. The average molecular weight is 372 g/mol. The van der Waals surface area contributed by atoms with Gasteiger partial charge in [0.2, 0.25) is 5.91 Å². The Bertz CT molecular complexity index is 817. The van der Waals surface area contributed by atoms with Crippen molar-refractivity contribution in [2.45, 2.75) is 19.1 Å². The van der Waals surface area contributed by atoms with Gasteiger partial charge in [-0.3, -0.25) is 19.4 Å². The molecular weight excluding hydrogens is 352 g/mol. The van der Waals surface area contributed by atoms with Crippen molar-refractivity contribution in [2.75, 3.05) is 26.2 Å². The van der Waals surface area contributed by atoms with Crippen molar-refractivity contribution in [3.63, 3.8) is 0 Å².